The molecule has 5 nitrogen and oxygen atoms in total. The number of likely N-dealkylation sites (N-methyl/N-ethyl adjacent to an activating group) is 1. The predicted molar refractivity (Wildman–Crippen MR) is 116 cm³/mol. The first kappa shape index (κ1) is 22.4. The molecular weight excluding hydrogens is 396 g/mol. The standard InChI is InChI=1S/C21H26N2O3S.ClH/c1-5-23-9-8-16-17(12-23)27-20(19(16)21(25)26-4)22-18(24)11-15-7-6-13(2)10-14(15)3;/h6-7,10H,5,8-9,11-12H2,1-4H3,(H,22,24);1H. The average molecular weight is 423 g/mol. The van der Waals surface area contributed by atoms with Gasteiger partial charge in [-0.15, -0.1) is 23.7 Å². The number of halogens is 1. The average Bonchev–Trinajstić information content (AvgIpc) is 3.00. The van der Waals surface area contributed by atoms with Crippen LogP contribution in [0.5, 0.6) is 0 Å². The van der Waals surface area contributed by atoms with Crippen LogP contribution in [0.4, 0.5) is 5.00 Å². The molecule has 28 heavy (non-hydrogen) atoms. The van der Waals surface area contributed by atoms with Gasteiger partial charge in [0.05, 0.1) is 19.1 Å². The molecule has 2 heterocycles. The van der Waals surface area contributed by atoms with Crippen molar-refractivity contribution in [1.29, 1.82) is 0 Å². The maximum Gasteiger partial charge on any atom is 0.341 e. The van der Waals surface area contributed by atoms with E-state index in [-0.39, 0.29) is 30.7 Å². The number of hydrogen-bond acceptors (Lipinski definition) is 5. The highest BCUT2D eigenvalue weighted by Gasteiger charge is 2.28. The smallest absolute Gasteiger partial charge is 0.341 e. The van der Waals surface area contributed by atoms with Crippen LogP contribution in [0.3, 0.4) is 0 Å². The lowest BCUT2D eigenvalue weighted by atomic mass is 10.0. The van der Waals surface area contributed by atoms with Gasteiger partial charge < -0.3 is 10.1 Å². The molecule has 7 heteroatoms. The van der Waals surface area contributed by atoms with Gasteiger partial charge in [-0.25, -0.2) is 4.79 Å². The summed E-state index contributed by atoms with van der Waals surface area (Å²) in [4.78, 5) is 28.5. The molecule has 0 saturated heterocycles. The van der Waals surface area contributed by atoms with Crippen LogP contribution in [0.15, 0.2) is 18.2 Å². The summed E-state index contributed by atoms with van der Waals surface area (Å²) in [5.41, 5.74) is 4.83. The van der Waals surface area contributed by atoms with Crippen molar-refractivity contribution in [3.05, 3.63) is 50.9 Å². The predicted octanol–water partition coefficient (Wildman–Crippen LogP) is 4.13. The van der Waals surface area contributed by atoms with Gasteiger partial charge in [0.15, 0.2) is 0 Å². The number of benzene rings is 1. The fraction of sp³-hybridized carbons (Fsp3) is 0.429. The number of hydrogen-bond donors (Lipinski definition) is 1. The molecule has 1 aliphatic rings. The Labute approximate surface area is 176 Å². The lowest BCUT2D eigenvalue weighted by molar-refractivity contribution is -0.115. The van der Waals surface area contributed by atoms with Gasteiger partial charge in [0.2, 0.25) is 5.91 Å². The number of rotatable bonds is 5. The van der Waals surface area contributed by atoms with Crippen molar-refractivity contribution in [3.63, 3.8) is 0 Å². The van der Waals surface area contributed by atoms with E-state index in [9.17, 15) is 9.59 Å². The fourth-order valence-corrected chi connectivity index (χ4v) is 4.81. The molecule has 0 aliphatic carbocycles. The van der Waals surface area contributed by atoms with Crippen LogP contribution in [0.2, 0.25) is 0 Å². The van der Waals surface area contributed by atoms with Gasteiger partial charge in [-0.3, -0.25) is 9.69 Å². The Morgan fingerprint density at radius 1 is 1.29 bits per heavy atom. The number of anilines is 1. The summed E-state index contributed by atoms with van der Waals surface area (Å²) < 4.78 is 4.99. The molecule has 0 radical (unpaired) electrons. The van der Waals surface area contributed by atoms with E-state index in [0.29, 0.717) is 10.6 Å². The third-order valence-electron chi connectivity index (χ3n) is 5.07. The number of methoxy groups -OCH3 is 1. The second-order valence-electron chi connectivity index (χ2n) is 6.97. The highest BCUT2D eigenvalue weighted by molar-refractivity contribution is 7.17. The summed E-state index contributed by atoms with van der Waals surface area (Å²) >= 11 is 1.50. The Balaban J connectivity index is 0.00000280. The third kappa shape index (κ3) is 4.74. The van der Waals surface area contributed by atoms with Crippen molar-refractivity contribution < 1.29 is 14.3 Å². The highest BCUT2D eigenvalue weighted by atomic mass is 35.5. The molecule has 0 spiro atoms. The number of fused-ring (bicyclic) bond motifs is 1. The number of amides is 1. The summed E-state index contributed by atoms with van der Waals surface area (Å²) in [5, 5.41) is 3.58. The van der Waals surface area contributed by atoms with E-state index in [1.165, 1.54) is 24.0 Å². The second kappa shape index (κ2) is 9.54. The van der Waals surface area contributed by atoms with Crippen molar-refractivity contribution in [2.45, 2.75) is 40.2 Å². The first-order valence-electron chi connectivity index (χ1n) is 9.24. The van der Waals surface area contributed by atoms with E-state index in [1.807, 2.05) is 26.0 Å². The van der Waals surface area contributed by atoms with E-state index >= 15 is 0 Å². The van der Waals surface area contributed by atoms with Crippen LogP contribution in [0.25, 0.3) is 0 Å². The minimum absolute atomic E-state index is 0. The SMILES string of the molecule is CCN1CCc2c(sc(NC(=O)Cc3ccc(C)cc3C)c2C(=O)OC)C1.Cl. The normalized spacial score (nSPS) is 13.4. The maximum absolute atomic E-state index is 12.6. The minimum Gasteiger partial charge on any atom is -0.465 e. The molecule has 1 aromatic carbocycles. The van der Waals surface area contributed by atoms with Crippen LogP contribution in [0.1, 0.15) is 44.4 Å². The number of thiophene rings is 1. The largest absolute Gasteiger partial charge is 0.465 e. The van der Waals surface area contributed by atoms with Gasteiger partial charge in [-0.2, -0.15) is 0 Å². The van der Waals surface area contributed by atoms with Crippen molar-refractivity contribution in [2.24, 2.45) is 0 Å². The Kier molecular flexibility index (Phi) is 7.63. The topological polar surface area (TPSA) is 58.6 Å². The van der Waals surface area contributed by atoms with Gasteiger partial charge in [0.25, 0.3) is 0 Å². The lowest BCUT2D eigenvalue weighted by Gasteiger charge is -2.25. The van der Waals surface area contributed by atoms with Crippen molar-refractivity contribution in [3.8, 4) is 0 Å². The van der Waals surface area contributed by atoms with Crippen LogP contribution in [-0.4, -0.2) is 37.0 Å². The summed E-state index contributed by atoms with van der Waals surface area (Å²) in [6.07, 6.45) is 1.09. The Hall–Kier alpha value is -1.89. The second-order valence-corrected chi connectivity index (χ2v) is 8.08. The van der Waals surface area contributed by atoms with E-state index in [1.54, 1.807) is 0 Å². The van der Waals surface area contributed by atoms with E-state index in [0.717, 1.165) is 47.6 Å². The number of carbonyl (C=O) groups excluding carboxylic acids is 2. The molecule has 152 valence electrons. The molecule has 1 aliphatic heterocycles. The monoisotopic (exact) mass is 422 g/mol. The number of aryl methyl sites for hydroxylation is 2. The molecule has 0 unspecified atom stereocenters. The van der Waals surface area contributed by atoms with Crippen molar-refractivity contribution in [1.82, 2.24) is 4.90 Å². The Morgan fingerprint density at radius 3 is 2.68 bits per heavy atom. The van der Waals surface area contributed by atoms with Gasteiger partial charge in [-0.05, 0) is 43.5 Å². The molecule has 0 saturated carbocycles. The van der Waals surface area contributed by atoms with Gasteiger partial charge >= 0.3 is 5.97 Å². The number of esters is 1. The van der Waals surface area contributed by atoms with Gasteiger partial charge in [0.1, 0.15) is 5.00 Å². The van der Waals surface area contributed by atoms with E-state index < -0.39 is 0 Å². The molecule has 1 aromatic heterocycles. The lowest BCUT2D eigenvalue weighted by Crippen LogP contribution is -2.30. The van der Waals surface area contributed by atoms with E-state index in [2.05, 4.69) is 23.2 Å². The molecule has 0 fully saturated rings. The van der Waals surface area contributed by atoms with Crippen LogP contribution in [0, 0.1) is 13.8 Å². The Bertz CT molecular complexity index is 879. The molecule has 0 atom stereocenters. The first-order chi connectivity index (χ1) is 12.9. The highest BCUT2D eigenvalue weighted by Crippen LogP contribution is 2.37. The quantitative estimate of drug-likeness (QED) is 0.736. The summed E-state index contributed by atoms with van der Waals surface area (Å²) in [5.74, 6) is -0.489. The van der Waals surface area contributed by atoms with Gasteiger partial charge in [-0.1, -0.05) is 30.7 Å². The molecular formula is C21H27ClN2O3S. The third-order valence-corrected chi connectivity index (χ3v) is 6.21. The molecule has 3 rings (SSSR count). The minimum atomic E-state index is -0.376. The molecule has 2 aromatic rings. The summed E-state index contributed by atoms with van der Waals surface area (Å²) in [6, 6.07) is 6.08. The summed E-state index contributed by atoms with van der Waals surface area (Å²) in [6.45, 7) is 8.88. The number of ether oxygens (including phenoxy) is 1. The number of carbonyl (C=O) groups is 2. The maximum atomic E-state index is 12.6. The molecule has 0 bridgehead atoms. The van der Waals surface area contributed by atoms with Gasteiger partial charge in [0, 0.05) is 18.0 Å². The van der Waals surface area contributed by atoms with Crippen molar-refractivity contribution >= 4 is 40.6 Å². The van der Waals surface area contributed by atoms with Crippen molar-refractivity contribution in [2.75, 3.05) is 25.5 Å². The van der Waals surface area contributed by atoms with Crippen LogP contribution < -0.4 is 5.32 Å². The van der Waals surface area contributed by atoms with Crippen LogP contribution in [-0.2, 0) is 28.9 Å². The fourth-order valence-electron chi connectivity index (χ4n) is 3.52. The zero-order valence-corrected chi connectivity index (χ0v) is 18.4. The molecule has 1 N–H and O–H groups in total. The zero-order chi connectivity index (χ0) is 19.6. The summed E-state index contributed by atoms with van der Waals surface area (Å²) in [7, 11) is 1.38. The number of nitrogens with one attached hydrogen (secondary N) is 1. The first-order valence-corrected chi connectivity index (χ1v) is 10.1. The zero-order valence-electron chi connectivity index (χ0n) is 16.8. The van der Waals surface area contributed by atoms with Crippen LogP contribution >= 0.6 is 23.7 Å². The van der Waals surface area contributed by atoms with E-state index in [4.69, 9.17) is 4.74 Å². The Morgan fingerprint density at radius 2 is 2.04 bits per heavy atom. The number of nitrogens with zero attached hydrogens (tertiary/aromatic N) is 1. The molecule has 1 amide bonds.